The van der Waals surface area contributed by atoms with E-state index in [2.05, 4.69) is 10.3 Å². The van der Waals surface area contributed by atoms with Gasteiger partial charge in [0.25, 0.3) is 0 Å². The van der Waals surface area contributed by atoms with Gasteiger partial charge >= 0.3 is 11.8 Å². The second-order valence-corrected chi connectivity index (χ2v) is 5.18. The van der Waals surface area contributed by atoms with Crippen molar-refractivity contribution in [1.29, 1.82) is 0 Å². The number of benzene rings is 2. The van der Waals surface area contributed by atoms with Crippen LogP contribution in [0.25, 0.3) is 16.8 Å². The van der Waals surface area contributed by atoms with E-state index < -0.39 is 10.9 Å². The summed E-state index contributed by atoms with van der Waals surface area (Å²) in [6.45, 7) is 0. The van der Waals surface area contributed by atoms with Crippen molar-refractivity contribution in [3.05, 3.63) is 87.9 Å². The highest BCUT2D eigenvalue weighted by Gasteiger charge is 2.16. The molecule has 0 unspecified atom stereocenters. The molecule has 0 aliphatic carbocycles. The number of anilines is 1. The summed E-state index contributed by atoms with van der Waals surface area (Å²) < 4.78 is 0. The van der Waals surface area contributed by atoms with Crippen LogP contribution in [0.5, 0.6) is 0 Å². The number of aromatic carboxylic acids is 1. The van der Waals surface area contributed by atoms with Gasteiger partial charge in [-0.25, -0.2) is 15.1 Å². The van der Waals surface area contributed by atoms with E-state index in [0.29, 0.717) is 5.82 Å². The largest absolute Gasteiger partial charge is 0.478 e. The summed E-state index contributed by atoms with van der Waals surface area (Å²) in [4.78, 5) is 26.2. The Morgan fingerprint density at radius 2 is 1.84 bits per heavy atom. The molecule has 0 saturated heterocycles. The molecule has 2 N–H and O–H groups in total. The van der Waals surface area contributed by atoms with E-state index in [4.69, 9.17) is 0 Å². The zero-order chi connectivity index (χ0) is 17.8. The molecule has 3 rings (SSSR count). The Morgan fingerprint density at radius 3 is 2.60 bits per heavy atom. The highest BCUT2D eigenvalue weighted by molar-refractivity contribution is 5.94. The van der Waals surface area contributed by atoms with Gasteiger partial charge in [0.2, 0.25) is 5.82 Å². The van der Waals surface area contributed by atoms with Gasteiger partial charge in [0, 0.05) is 17.7 Å². The van der Waals surface area contributed by atoms with Crippen molar-refractivity contribution >= 4 is 28.6 Å². The number of aromatic nitrogens is 1. The molecule has 1 aromatic heterocycles. The first-order valence-corrected chi connectivity index (χ1v) is 7.35. The summed E-state index contributed by atoms with van der Waals surface area (Å²) in [6.07, 6.45) is 2.74. The molecule has 7 heteroatoms. The number of nitro groups is 1. The standard InChI is InChI=1S/C18H13N3O4/c22-18(23)15-8-4-2-6-13(15)11-16(21(24)25)20-17-14-7-3-1-5-12(14)9-10-19-17/h1-11H,(H,19,20)(H,22,23)/b16-11-. The van der Waals surface area contributed by atoms with Crippen LogP contribution in [0, 0.1) is 10.1 Å². The van der Waals surface area contributed by atoms with Crippen molar-refractivity contribution in [3.63, 3.8) is 0 Å². The van der Waals surface area contributed by atoms with Gasteiger partial charge in [-0.3, -0.25) is 0 Å². The van der Waals surface area contributed by atoms with Gasteiger partial charge in [-0.05, 0) is 34.1 Å². The first-order chi connectivity index (χ1) is 12.1. The van der Waals surface area contributed by atoms with E-state index >= 15 is 0 Å². The van der Waals surface area contributed by atoms with Gasteiger partial charge in [0.1, 0.15) is 0 Å². The Labute approximate surface area is 142 Å². The number of carbonyl (C=O) groups is 1. The molecule has 0 spiro atoms. The minimum atomic E-state index is -1.15. The van der Waals surface area contributed by atoms with E-state index in [1.165, 1.54) is 18.2 Å². The first-order valence-electron chi connectivity index (χ1n) is 7.35. The van der Waals surface area contributed by atoms with Crippen LogP contribution in [0.4, 0.5) is 5.82 Å². The maximum atomic E-state index is 11.4. The predicted octanol–water partition coefficient (Wildman–Crippen LogP) is 3.62. The van der Waals surface area contributed by atoms with Crippen LogP contribution in [0.3, 0.4) is 0 Å². The number of hydrogen-bond acceptors (Lipinski definition) is 5. The molecule has 124 valence electrons. The zero-order valence-electron chi connectivity index (χ0n) is 12.9. The van der Waals surface area contributed by atoms with Crippen LogP contribution in [0.15, 0.2) is 66.6 Å². The minimum Gasteiger partial charge on any atom is -0.478 e. The molecule has 0 fully saturated rings. The molecule has 0 amide bonds. The molecule has 0 aliphatic heterocycles. The van der Waals surface area contributed by atoms with E-state index in [9.17, 15) is 20.0 Å². The topological polar surface area (TPSA) is 105 Å². The fourth-order valence-corrected chi connectivity index (χ4v) is 2.44. The Hall–Kier alpha value is -3.74. The lowest BCUT2D eigenvalue weighted by Gasteiger charge is -2.06. The third kappa shape index (κ3) is 3.45. The van der Waals surface area contributed by atoms with Crippen LogP contribution in [0.1, 0.15) is 15.9 Å². The number of rotatable bonds is 5. The van der Waals surface area contributed by atoms with Crippen molar-refractivity contribution in [3.8, 4) is 0 Å². The molecule has 25 heavy (non-hydrogen) atoms. The fourth-order valence-electron chi connectivity index (χ4n) is 2.44. The Kier molecular flexibility index (Phi) is 4.38. The van der Waals surface area contributed by atoms with Gasteiger partial charge in [0.05, 0.1) is 5.56 Å². The molecule has 0 saturated carbocycles. The molecule has 0 aliphatic rings. The Balaban J connectivity index is 2.06. The first kappa shape index (κ1) is 16.1. The summed E-state index contributed by atoms with van der Waals surface area (Å²) in [5.41, 5.74) is 0.212. The van der Waals surface area contributed by atoms with Gasteiger partial charge in [-0.15, -0.1) is 0 Å². The van der Waals surface area contributed by atoms with Crippen LogP contribution in [-0.4, -0.2) is 21.0 Å². The van der Waals surface area contributed by atoms with Gasteiger partial charge in [-0.1, -0.05) is 36.4 Å². The molecule has 7 nitrogen and oxygen atoms in total. The van der Waals surface area contributed by atoms with E-state index in [-0.39, 0.29) is 16.9 Å². The normalized spacial score (nSPS) is 11.3. The third-order valence-corrected chi connectivity index (χ3v) is 3.60. The highest BCUT2D eigenvalue weighted by atomic mass is 16.6. The summed E-state index contributed by atoms with van der Waals surface area (Å²) in [5.74, 6) is -1.19. The van der Waals surface area contributed by atoms with Gasteiger partial charge < -0.3 is 15.2 Å². The lowest BCUT2D eigenvalue weighted by atomic mass is 10.1. The molecule has 1 heterocycles. The van der Waals surface area contributed by atoms with Crippen molar-refractivity contribution in [1.82, 2.24) is 4.98 Å². The maximum absolute atomic E-state index is 11.4. The molecular formula is C18H13N3O4. The van der Waals surface area contributed by atoms with Crippen LogP contribution in [0.2, 0.25) is 0 Å². The van der Waals surface area contributed by atoms with E-state index in [0.717, 1.165) is 10.8 Å². The molecule has 0 atom stereocenters. The van der Waals surface area contributed by atoms with Crippen molar-refractivity contribution < 1.29 is 14.8 Å². The van der Waals surface area contributed by atoms with Gasteiger partial charge in [0.15, 0.2) is 0 Å². The Morgan fingerprint density at radius 1 is 1.12 bits per heavy atom. The smallest absolute Gasteiger partial charge is 0.336 e. The number of carboxylic acid groups (broad SMARTS) is 1. The van der Waals surface area contributed by atoms with Crippen LogP contribution in [-0.2, 0) is 0 Å². The predicted molar refractivity (Wildman–Crippen MR) is 93.7 cm³/mol. The van der Waals surface area contributed by atoms with Gasteiger partial charge in [-0.2, -0.15) is 0 Å². The van der Waals surface area contributed by atoms with Crippen LogP contribution >= 0.6 is 0 Å². The molecule has 2 aromatic carbocycles. The van der Waals surface area contributed by atoms with E-state index in [1.54, 1.807) is 30.5 Å². The number of fused-ring (bicyclic) bond motifs is 1. The SMILES string of the molecule is O=C(O)c1ccccc1/C=C(/Nc1nccc2ccccc12)[N+](=O)[O-]. The minimum absolute atomic E-state index is 0.0190. The summed E-state index contributed by atoms with van der Waals surface area (Å²) in [6, 6.07) is 15.2. The number of nitrogens with zero attached hydrogens (tertiary/aromatic N) is 2. The lowest BCUT2D eigenvalue weighted by molar-refractivity contribution is -0.420. The number of carboxylic acids is 1. The average Bonchev–Trinajstić information content (AvgIpc) is 2.61. The fraction of sp³-hybridized carbons (Fsp3) is 0. The third-order valence-electron chi connectivity index (χ3n) is 3.60. The van der Waals surface area contributed by atoms with Crippen molar-refractivity contribution in [2.45, 2.75) is 0 Å². The summed E-state index contributed by atoms with van der Waals surface area (Å²) >= 11 is 0. The average molecular weight is 335 g/mol. The number of hydrogen-bond donors (Lipinski definition) is 2. The van der Waals surface area contributed by atoms with Crippen molar-refractivity contribution in [2.24, 2.45) is 0 Å². The summed E-state index contributed by atoms with van der Waals surface area (Å²) in [5, 5.41) is 24.9. The molecular weight excluding hydrogens is 322 g/mol. The number of pyridine rings is 1. The summed E-state index contributed by atoms with van der Waals surface area (Å²) in [7, 11) is 0. The second kappa shape index (κ2) is 6.79. The quantitative estimate of drug-likeness (QED) is 0.545. The zero-order valence-corrected chi connectivity index (χ0v) is 12.9. The maximum Gasteiger partial charge on any atom is 0.336 e. The number of nitrogens with one attached hydrogen (secondary N) is 1. The molecule has 0 bridgehead atoms. The molecule has 3 aromatic rings. The highest BCUT2D eigenvalue weighted by Crippen LogP contribution is 2.23. The Bertz CT molecular complexity index is 993. The molecule has 0 radical (unpaired) electrons. The monoisotopic (exact) mass is 335 g/mol. The van der Waals surface area contributed by atoms with Crippen LogP contribution < -0.4 is 5.32 Å². The second-order valence-electron chi connectivity index (χ2n) is 5.18. The van der Waals surface area contributed by atoms with E-state index in [1.807, 2.05) is 18.2 Å². The van der Waals surface area contributed by atoms with Crippen molar-refractivity contribution in [2.75, 3.05) is 5.32 Å². The lowest BCUT2D eigenvalue weighted by Crippen LogP contribution is -2.11.